The summed E-state index contributed by atoms with van der Waals surface area (Å²) in [4.78, 5) is 25.8. The van der Waals surface area contributed by atoms with Crippen LogP contribution in [0.4, 0.5) is 4.79 Å². The van der Waals surface area contributed by atoms with Gasteiger partial charge < -0.3 is 14.9 Å². The summed E-state index contributed by atoms with van der Waals surface area (Å²) >= 11 is 0. The van der Waals surface area contributed by atoms with Crippen LogP contribution in [0.3, 0.4) is 0 Å². The van der Waals surface area contributed by atoms with Gasteiger partial charge in [-0.3, -0.25) is 0 Å². The minimum Gasteiger partial charge on any atom is -0.480 e. The molecule has 94 valence electrons. The maximum absolute atomic E-state index is 12.1. The molecule has 1 rings (SSSR count). The van der Waals surface area contributed by atoms with Gasteiger partial charge in [-0.2, -0.15) is 5.26 Å². The summed E-state index contributed by atoms with van der Waals surface area (Å²) in [6, 6.07) is 0.762. The first-order valence-corrected chi connectivity index (χ1v) is 5.62. The number of hydrogen-bond acceptors (Lipinski definition) is 3. The summed E-state index contributed by atoms with van der Waals surface area (Å²) in [6.45, 7) is 2.24. The second-order valence-corrected chi connectivity index (χ2v) is 4.29. The van der Waals surface area contributed by atoms with Crippen LogP contribution in [0, 0.1) is 11.3 Å². The molecule has 0 aliphatic carbocycles. The maximum Gasteiger partial charge on any atom is 0.326 e. The van der Waals surface area contributed by atoms with Gasteiger partial charge in [0.15, 0.2) is 0 Å². The molecule has 0 aromatic rings. The van der Waals surface area contributed by atoms with E-state index in [0.717, 1.165) is 0 Å². The molecular weight excluding hydrogens is 222 g/mol. The minimum absolute atomic E-state index is 0.206. The van der Waals surface area contributed by atoms with E-state index < -0.39 is 12.0 Å². The smallest absolute Gasteiger partial charge is 0.326 e. The molecule has 0 radical (unpaired) electrons. The van der Waals surface area contributed by atoms with Crippen molar-refractivity contribution in [3.63, 3.8) is 0 Å². The highest BCUT2D eigenvalue weighted by atomic mass is 16.4. The third-order valence-electron chi connectivity index (χ3n) is 3.13. The first-order valence-electron chi connectivity index (χ1n) is 5.62. The van der Waals surface area contributed by atoms with E-state index in [-0.39, 0.29) is 18.5 Å². The van der Waals surface area contributed by atoms with Crippen molar-refractivity contribution >= 4 is 12.0 Å². The maximum atomic E-state index is 12.1. The lowest BCUT2D eigenvalue weighted by Crippen LogP contribution is -2.49. The number of carboxylic acids is 1. The number of carboxylic acid groups (broad SMARTS) is 1. The van der Waals surface area contributed by atoms with Crippen molar-refractivity contribution in [2.75, 3.05) is 13.6 Å². The van der Waals surface area contributed by atoms with Gasteiger partial charge in [-0.05, 0) is 19.8 Å². The number of nitrogens with zero attached hydrogens (tertiary/aromatic N) is 3. The molecule has 1 aliphatic rings. The zero-order valence-electron chi connectivity index (χ0n) is 10.1. The summed E-state index contributed by atoms with van der Waals surface area (Å²) in [5.41, 5.74) is 0. The van der Waals surface area contributed by atoms with Gasteiger partial charge in [-0.25, -0.2) is 9.59 Å². The molecule has 17 heavy (non-hydrogen) atoms. The van der Waals surface area contributed by atoms with Crippen LogP contribution in [0.15, 0.2) is 0 Å². The largest absolute Gasteiger partial charge is 0.480 e. The number of amides is 2. The topological polar surface area (TPSA) is 84.6 Å². The molecule has 0 aromatic carbocycles. The van der Waals surface area contributed by atoms with Gasteiger partial charge in [0.05, 0.1) is 12.5 Å². The third-order valence-corrected chi connectivity index (χ3v) is 3.13. The molecule has 1 unspecified atom stereocenters. The monoisotopic (exact) mass is 239 g/mol. The van der Waals surface area contributed by atoms with Crippen molar-refractivity contribution < 1.29 is 14.7 Å². The van der Waals surface area contributed by atoms with Crippen LogP contribution in [0.25, 0.3) is 0 Å². The Morgan fingerprint density at radius 3 is 2.82 bits per heavy atom. The van der Waals surface area contributed by atoms with E-state index in [1.807, 2.05) is 6.07 Å². The van der Waals surface area contributed by atoms with Crippen LogP contribution >= 0.6 is 0 Å². The predicted molar refractivity (Wildman–Crippen MR) is 60.2 cm³/mol. The fourth-order valence-corrected chi connectivity index (χ4v) is 1.91. The molecular formula is C11H17N3O3. The molecule has 0 aromatic heterocycles. The Balaban J connectivity index is 2.69. The van der Waals surface area contributed by atoms with Crippen LogP contribution < -0.4 is 0 Å². The van der Waals surface area contributed by atoms with E-state index in [1.165, 1.54) is 9.80 Å². The molecule has 1 N–H and O–H groups in total. The molecule has 1 fully saturated rings. The van der Waals surface area contributed by atoms with Gasteiger partial charge in [0.2, 0.25) is 0 Å². The zero-order valence-corrected chi connectivity index (χ0v) is 10.1. The molecule has 2 amide bonds. The lowest BCUT2D eigenvalue weighted by Gasteiger charge is -2.30. The number of urea groups is 1. The van der Waals surface area contributed by atoms with Crippen LogP contribution in [0.5, 0.6) is 0 Å². The Hall–Kier alpha value is -1.77. The highest BCUT2D eigenvalue weighted by Gasteiger charge is 2.36. The van der Waals surface area contributed by atoms with Crippen molar-refractivity contribution in [2.24, 2.45) is 0 Å². The van der Waals surface area contributed by atoms with Crippen molar-refractivity contribution in [3.05, 3.63) is 0 Å². The van der Waals surface area contributed by atoms with Crippen molar-refractivity contribution in [3.8, 4) is 6.07 Å². The highest BCUT2D eigenvalue weighted by molar-refractivity contribution is 5.83. The quantitative estimate of drug-likeness (QED) is 0.792. The number of carbonyl (C=O) groups is 2. The molecule has 1 heterocycles. The van der Waals surface area contributed by atoms with E-state index in [9.17, 15) is 9.59 Å². The Bertz CT molecular complexity index is 350. The molecule has 1 aliphatic heterocycles. The second kappa shape index (κ2) is 5.53. The number of rotatable bonds is 3. The Kier molecular flexibility index (Phi) is 4.32. The summed E-state index contributed by atoms with van der Waals surface area (Å²) in [7, 11) is 1.60. The van der Waals surface area contributed by atoms with Gasteiger partial charge in [-0.1, -0.05) is 0 Å². The molecule has 6 nitrogen and oxygen atoms in total. The molecule has 1 saturated heterocycles. The summed E-state index contributed by atoms with van der Waals surface area (Å²) < 4.78 is 0. The van der Waals surface area contributed by atoms with E-state index in [0.29, 0.717) is 19.4 Å². The van der Waals surface area contributed by atoms with Gasteiger partial charge in [0.25, 0.3) is 0 Å². The Labute approximate surface area is 100 Å². The van der Waals surface area contributed by atoms with Crippen LogP contribution in [0.1, 0.15) is 26.2 Å². The number of aliphatic carboxylic acids is 1. The molecule has 6 heteroatoms. The number of carbonyl (C=O) groups excluding carboxylic acids is 1. The Morgan fingerprint density at radius 2 is 2.29 bits per heavy atom. The van der Waals surface area contributed by atoms with E-state index in [2.05, 4.69) is 0 Å². The first-order chi connectivity index (χ1) is 7.99. The first kappa shape index (κ1) is 13.3. The summed E-state index contributed by atoms with van der Waals surface area (Å²) in [6.07, 6.45) is 1.46. The standard InChI is InChI=1S/C11H17N3O3/c1-8(5-6-12)13(2)11(17)14-7-3-4-9(14)10(15)16/h8-9H,3-5,7H2,1-2H3,(H,15,16)/t8?,9-/m1/s1. The number of likely N-dealkylation sites (tertiary alicyclic amines) is 1. The van der Waals surface area contributed by atoms with Crippen molar-refractivity contribution in [1.29, 1.82) is 5.26 Å². The lowest BCUT2D eigenvalue weighted by molar-refractivity contribution is -0.141. The van der Waals surface area contributed by atoms with E-state index >= 15 is 0 Å². The molecule has 0 spiro atoms. The van der Waals surface area contributed by atoms with Crippen LogP contribution in [-0.2, 0) is 4.79 Å². The minimum atomic E-state index is -0.961. The van der Waals surface area contributed by atoms with Crippen LogP contribution in [0.2, 0.25) is 0 Å². The molecule has 0 bridgehead atoms. The van der Waals surface area contributed by atoms with Gasteiger partial charge in [-0.15, -0.1) is 0 Å². The molecule has 2 atom stereocenters. The normalized spacial score (nSPS) is 20.8. The number of nitriles is 1. The third kappa shape index (κ3) is 2.87. The summed E-state index contributed by atoms with van der Waals surface area (Å²) in [5, 5.41) is 17.6. The summed E-state index contributed by atoms with van der Waals surface area (Å²) in [5.74, 6) is -0.961. The van der Waals surface area contributed by atoms with Crippen molar-refractivity contribution in [1.82, 2.24) is 9.80 Å². The van der Waals surface area contributed by atoms with E-state index in [4.69, 9.17) is 10.4 Å². The van der Waals surface area contributed by atoms with Crippen LogP contribution in [-0.4, -0.2) is 52.6 Å². The number of hydrogen-bond donors (Lipinski definition) is 1. The highest BCUT2D eigenvalue weighted by Crippen LogP contribution is 2.19. The predicted octanol–water partition coefficient (Wildman–Crippen LogP) is 0.889. The fourth-order valence-electron chi connectivity index (χ4n) is 1.91. The van der Waals surface area contributed by atoms with Gasteiger partial charge >= 0.3 is 12.0 Å². The molecule has 0 saturated carbocycles. The SMILES string of the molecule is CC(CC#N)N(C)C(=O)N1CCC[C@@H]1C(=O)O. The fraction of sp³-hybridized carbons (Fsp3) is 0.727. The average molecular weight is 239 g/mol. The second-order valence-electron chi connectivity index (χ2n) is 4.29. The Morgan fingerprint density at radius 1 is 1.65 bits per heavy atom. The van der Waals surface area contributed by atoms with Gasteiger partial charge in [0, 0.05) is 19.6 Å². The lowest BCUT2D eigenvalue weighted by atomic mass is 10.2. The average Bonchev–Trinajstić information content (AvgIpc) is 2.76. The van der Waals surface area contributed by atoms with E-state index in [1.54, 1.807) is 14.0 Å². The zero-order chi connectivity index (χ0) is 13.0. The van der Waals surface area contributed by atoms with Crippen molar-refractivity contribution in [2.45, 2.75) is 38.3 Å². The van der Waals surface area contributed by atoms with Gasteiger partial charge in [0.1, 0.15) is 6.04 Å².